The largest absolute Gasteiger partial charge is 0.319 e. The van der Waals surface area contributed by atoms with Gasteiger partial charge in [-0.1, -0.05) is 28.9 Å². The number of aromatic nitrogens is 3. The number of halogens is 2. The average molecular weight is 356 g/mol. The molecule has 23 heavy (non-hydrogen) atoms. The molecular weight excluding hydrogens is 337 g/mol. The molecule has 6 nitrogen and oxygen atoms in total. The number of rotatable bonds is 3. The molecule has 2 heterocycles. The summed E-state index contributed by atoms with van der Waals surface area (Å²) >= 11 is 6.06. The highest BCUT2D eigenvalue weighted by Crippen LogP contribution is 2.23. The van der Waals surface area contributed by atoms with Crippen molar-refractivity contribution in [2.24, 2.45) is 0 Å². The highest BCUT2D eigenvalue weighted by atomic mass is 35.5. The summed E-state index contributed by atoms with van der Waals surface area (Å²) in [5, 5.41) is 14.8. The number of carbonyl (C=O) groups is 1. The lowest BCUT2D eigenvalue weighted by Crippen LogP contribution is -2.30. The standard InChI is InChI=1S/C15H18ClN5O.ClH/c1-10-14(15(22)18-13-5-3-2-4-12(13)16)19-20-21(10)11-6-8-17-9-7-11;/h2-5,11,17H,6-9H2,1H3,(H,18,22);1H. The number of nitrogens with one attached hydrogen (secondary N) is 2. The minimum Gasteiger partial charge on any atom is -0.319 e. The molecule has 1 amide bonds. The van der Waals surface area contributed by atoms with Gasteiger partial charge in [-0.2, -0.15) is 0 Å². The summed E-state index contributed by atoms with van der Waals surface area (Å²) in [5.41, 5.74) is 1.71. The quantitative estimate of drug-likeness (QED) is 0.887. The normalized spacial score (nSPS) is 15.0. The lowest BCUT2D eigenvalue weighted by Gasteiger charge is -2.23. The van der Waals surface area contributed by atoms with E-state index in [-0.39, 0.29) is 18.3 Å². The summed E-state index contributed by atoms with van der Waals surface area (Å²) in [6.45, 7) is 3.81. The molecule has 1 aliphatic heterocycles. The first-order chi connectivity index (χ1) is 10.7. The molecule has 0 radical (unpaired) electrons. The van der Waals surface area contributed by atoms with E-state index in [0.717, 1.165) is 31.6 Å². The maximum Gasteiger partial charge on any atom is 0.278 e. The van der Waals surface area contributed by atoms with Gasteiger partial charge < -0.3 is 10.6 Å². The van der Waals surface area contributed by atoms with Crippen LogP contribution in [0, 0.1) is 6.92 Å². The molecule has 1 aromatic carbocycles. The van der Waals surface area contributed by atoms with Gasteiger partial charge in [0.05, 0.1) is 22.4 Å². The van der Waals surface area contributed by atoms with E-state index in [0.29, 0.717) is 22.4 Å². The average Bonchev–Trinajstić information content (AvgIpc) is 2.92. The summed E-state index contributed by atoms with van der Waals surface area (Å²) < 4.78 is 1.86. The van der Waals surface area contributed by atoms with Crippen molar-refractivity contribution in [3.8, 4) is 0 Å². The van der Waals surface area contributed by atoms with Gasteiger partial charge in [-0.15, -0.1) is 17.5 Å². The molecule has 0 saturated carbocycles. The Bertz CT molecular complexity index is 682. The third-order valence-corrected chi connectivity index (χ3v) is 4.25. The number of nitrogens with zero attached hydrogens (tertiary/aromatic N) is 3. The van der Waals surface area contributed by atoms with Crippen LogP contribution in [0.15, 0.2) is 24.3 Å². The monoisotopic (exact) mass is 355 g/mol. The Labute approximate surface area is 146 Å². The number of amides is 1. The first kappa shape index (κ1) is 17.7. The molecule has 1 aliphatic rings. The van der Waals surface area contributed by atoms with Gasteiger partial charge in [0, 0.05) is 0 Å². The Morgan fingerprint density at radius 2 is 2.04 bits per heavy atom. The highest BCUT2D eigenvalue weighted by molar-refractivity contribution is 6.33. The minimum absolute atomic E-state index is 0. The van der Waals surface area contributed by atoms with Crippen molar-refractivity contribution < 1.29 is 4.79 Å². The molecule has 2 aromatic rings. The van der Waals surface area contributed by atoms with E-state index in [1.165, 1.54) is 0 Å². The predicted octanol–water partition coefficient (Wildman–Crippen LogP) is 2.84. The predicted molar refractivity (Wildman–Crippen MR) is 92.6 cm³/mol. The molecule has 3 rings (SSSR count). The molecule has 0 unspecified atom stereocenters. The van der Waals surface area contributed by atoms with Crippen molar-refractivity contribution in [1.82, 2.24) is 20.3 Å². The van der Waals surface area contributed by atoms with Crippen LogP contribution in [0.2, 0.25) is 5.02 Å². The lowest BCUT2D eigenvalue weighted by molar-refractivity contribution is 0.102. The Hall–Kier alpha value is -1.63. The molecule has 2 N–H and O–H groups in total. The third kappa shape index (κ3) is 3.83. The van der Waals surface area contributed by atoms with E-state index in [9.17, 15) is 4.79 Å². The number of hydrogen-bond donors (Lipinski definition) is 2. The summed E-state index contributed by atoms with van der Waals surface area (Å²) in [6.07, 6.45) is 1.99. The van der Waals surface area contributed by atoms with Gasteiger partial charge in [-0.25, -0.2) is 4.68 Å². The fourth-order valence-electron chi connectivity index (χ4n) is 2.69. The van der Waals surface area contributed by atoms with Crippen LogP contribution < -0.4 is 10.6 Å². The summed E-state index contributed by atoms with van der Waals surface area (Å²) in [6, 6.07) is 7.43. The fourth-order valence-corrected chi connectivity index (χ4v) is 2.88. The summed E-state index contributed by atoms with van der Waals surface area (Å²) in [7, 11) is 0. The van der Waals surface area contributed by atoms with Crippen LogP contribution in [0.5, 0.6) is 0 Å². The molecule has 8 heteroatoms. The Morgan fingerprint density at radius 1 is 1.35 bits per heavy atom. The van der Waals surface area contributed by atoms with Crippen LogP contribution in [-0.2, 0) is 0 Å². The molecular formula is C15H19Cl2N5O. The Morgan fingerprint density at radius 3 is 2.74 bits per heavy atom. The van der Waals surface area contributed by atoms with E-state index in [2.05, 4.69) is 20.9 Å². The zero-order valence-corrected chi connectivity index (χ0v) is 14.3. The van der Waals surface area contributed by atoms with Gasteiger partial charge >= 0.3 is 0 Å². The van der Waals surface area contributed by atoms with E-state index in [1.807, 2.05) is 23.7 Å². The second-order valence-corrected chi connectivity index (χ2v) is 5.79. The Balaban J connectivity index is 0.00000192. The zero-order chi connectivity index (χ0) is 15.5. The first-order valence-electron chi connectivity index (χ1n) is 7.35. The van der Waals surface area contributed by atoms with E-state index < -0.39 is 0 Å². The summed E-state index contributed by atoms with van der Waals surface area (Å²) in [4.78, 5) is 12.4. The van der Waals surface area contributed by atoms with Crippen molar-refractivity contribution in [1.29, 1.82) is 0 Å². The van der Waals surface area contributed by atoms with Crippen LogP contribution >= 0.6 is 24.0 Å². The molecule has 1 aromatic heterocycles. The van der Waals surface area contributed by atoms with Crippen molar-refractivity contribution in [2.75, 3.05) is 18.4 Å². The number of anilines is 1. The number of piperidine rings is 1. The highest BCUT2D eigenvalue weighted by Gasteiger charge is 2.23. The van der Waals surface area contributed by atoms with Crippen molar-refractivity contribution in [2.45, 2.75) is 25.8 Å². The van der Waals surface area contributed by atoms with Gasteiger partial charge in [0.1, 0.15) is 0 Å². The number of para-hydroxylation sites is 1. The summed E-state index contributed by atoms with van der Waals surface area (Å²) in [5.74, 6) is -0.286. The Kier molecular flexibility index (Phi) is 5.98. The first-order valence-corrected chi connectivity index (χ1v) is 7.73. The van der Waals surface area contributed by atoms with Crippen LogP contribution in [0.4, 0.5) is 5.69 Å². The smallest absolute Gasteiger partial charge is 0.278 e. The van der Waals surface area contributed by atoms with Gasteiger partial charge in [-0.3, -0.25) is 4.79 Å². The van der Waals surface area contributed by atoms with Gasteiger partial charge in [0.15, 0.2) is 5.69 Å². The van der Waals surface area contributed by atoms with Crippen molar-refractivity contribution >= 4 is 35.6 Å². The maximum absolute atomic E-state index is 12.4. The minimum atomic E-state index is -0.286. The molecule has 0 aliphatic carbocycles. The van der Waals surface area contributed by atoms with Gasteiger partial charge in [0.2, 0.25) is 0 Å². The second kappa shape index (κ2) is 7.77. The van der Waals surface area contributed by atoms with Crippen molar-refractivity contribution in [3.63, 3.8) is 0 Å². The van der Waals surface area contributed by atoms with Crippen LogP contribution in [-0.4, -0.2) is 34.0 Å². The fraction of sp³-hybridized carbons (Fsp3) is 0.400. The topological polar surface area (TPSA) is 71.8 Å². The van der Waals surface area contributed by atoms with Gasteiger partial charge in [0.25, 0.3) is 5.91 Å². The molecule has 0 bridgehead atoms. The van der Waals surface area contributed by atoms with E-state index in [1.54, 1.807) is 12.1 Å². The molecule has 0 atom stereocenters. The molecule has 1 fully saturated rings. The molecule has 124 valence electrons. The van der Waals surface area contributed by atoms with Crippen LogP contribution in [0.3, 0.4) is 0 Å². The lowest BCUT2D eigenvalue weighted by atomic mass is 10.1. The van der Waals surface area contributed by atoms with Crippen LogP contribution in [0.1, 0.15) is 35.1 Å². The third-order valence-electron chi connectivity index (χ3n) is 3.92. The SMILES string of the molecule is Cc1c(C(=O)Nc2ccccc2Cl)nnn1C1CCNCC1.Cl. The zero-order valence-electron chi connectivity index (χ0n) is 12.8. The van der Waals surface area contributed by atoms with Crippen LogP contribution in [0.25, 0.3) is 0 Å². The second-order valence-electron chi connectivity index (χ2n) is 5.38. The number of benzene rings is 1. The number of carbonyl (C=O) groups excluding carboxylic acids is 1. The van der Waals surface area contributed by atoms with Gasteiger partial charge in [-0.05, 0) is 45.0 Å². The van der Waals surface area contributed by atoms with Crippen molar-refractivity contribution in [3.05, 3.63) is 40.7 Å². The molecule has 0 spiro atoms. The van der Waals surface area contributed by atoms with E-state index in [4.69, 9.17) is 11.6 Å². The number of hydrogen-bond acceptors (Lipinski definition) is 4. The molecule has 1 saturated heterocycles. The van der Waals surface area contributed by atoms with E-state index >= 15 is 0 Å². The maximum atomic E-state index is 12.4.